The van der Waals surface area contributed by atoms with E-state index >= 15 is 0 Å². The van der Waals surface area contributed by atoms with E-state index < -0.39 is 37.4 Å². The lowest BCUT2D eigenvalue weighted by molar-refractivity contribution is -0.870. The predicted octanol–water partition coefficient (Wildman–Crippen LogP) is 9.44. The molecular formula is C40H71N5O11P+. The van der Waals surface area contributed by atoms with Crippen molar-refractivity contribution in [2.45, 2.75) is 154 Å². The average Bonchev–Trinajstić information content (AvgIpc) is 3.65. The maximum absolute atomic E-state index is 12.7. The maximum Gasteiger partial charge on any atom is 0.472 e. The van der Waals surface area contributed by atoms with E-state index in [1.54, 1.807) is 6.07 Å². The van der Waals surface area contributed by atoms with Gasteiger partial charge in [-0.2, -0.15) is 0 Å². The lowest BCUT2D eigenvalue weighted by Crippen LogP contribution is -2.37. The predicted molar refractivity (Wildman–Crippen MR) is 220 cm³/mol. The third kappa shape index (κ3) is 24.4. The molecule has 0 aliphatic heterocycles. The molecule has 0 aliphatic rings. The molecule has 0 radical (unpaired) electrons. The zero-order valence-electron chi connectivity index (χ0n) is 35.1. The molecule has 2 atom stereocenters. The molecule has 57 heavy (non-hydrogen) atoms. The molecule has 0 fully saturated rings. The number of nitro benzene ring substituents is 1. The van der Waals surface area contributed by atoms with Gasteiger partial charge in [-0.15, -0.1) is 0 Å². The van der Waals surface area contributed by atoms with Crippen LogP contribution in [0.25, 0.3) is 11.0 Å². The molecule has 2 unspecified atom stereocenters. The van der Waals surface area contributed by atoms with Crippen molar-refractivity contribution >= 4 is 42.2 Å². The number of nitrogens with zero attached hydrogens (tertiary/aromatic N) is 4. The number of unbranched alkanes of at least 4 members (excludes halogenated alkanes) is 18. The van der Waals surface area contributed by atoms with E-state index in [0.717, 1.165) is 70.6 Å². The summed E-state index contributed by atoms with van der Waals surface area (Å²) in [7, 11) is 1.38. The molecule has 0 spiro atoms. The molecule has 0 aliphatic carbocycles. The number of phosphoric acid groups is 1. The molecule has 16 nitrogen and oxygen atoms in total. The van der Waals surface area contributed by atoms with Crippen LogP contribution in [0.1, 0.15) is 148 Å². The largest absolute Gasteiger partial charge is 0.472 e. The van der Waals surface area contributed by atoms with Crippen molar-refractivity contribution in [3.05, 3.63) is 22.2 Å². The highest BCUT2D eigenvalue weighted by Gasteiger charge is 2.27. The van der Waals surface area contributed by atoms with E-state index in [9.17, 15) is 29.2 Å². The summed E-state index contributed by atoms with van der Waals surface area (Å²) in [4.78, 5) is 46.0. The van der Waals surface area contributed by atoms with Gasteiger partial charge in [0.05, 0.1) is 38.4 Å². The van der Waals surface area contributed by atoms with E-state index in [1.807, 2.05) is 21.1 Å². The minimum absolute atomic E-state index is 0.00559. The number of fused-ring (bicyclic) bond motifs is 1. The molecule has 2 aromatic rings. The smallest absolute Gasteiger partial charge is 0.462 e. The highest BCUT2D eigenvalue weighted by Crippen LogP contribution is 2.43. The first-order chi connectivity index (χ1) is 27.3. The number of ether oxygens (including phenoxy) is 2. The van der Waals surface area contributed by atoms with E-state index in [2.05, 4.69) is 22.6 Å². The molecule has 2 rings (SSSR count). The lowest BCUT2D eigenvalue weighted by Gasteiger charge is -2.24. The fourth-order valence-electron chi connectivity index (χ4n) is 6.20. The second-order valence-corrected chi connectivity index (χ2v) is 17.4. The van der Waals surface area contributed by atoms with Crippen LogP contribution >= 0.6 is 7.82 Å². The number of esters is 2. The summed E-state index contributed by atoms with van der Waals surface area (Å²) in [5, 5.41) is 21.9. The number of carbonyl (C=O) groups excluding carboxylic acids is 2. The van der Waals surface area contributed by atoms with Gasteiger partial charge in [0.15, 0.2) is 11.6 Å². The Labute approximate surface area is 339 Å². The summed E-state index contributed by atoms with van der Waals surface area (Å²) in [5.41, 5.74) is 0.999. The van der Waals surface area contributed by atoms with Crippen molar-refractivity contribution in [2.75, 3.05) is 59.4 Å². The van der Waals surface area contributed by atoms with Crippen LogP contribution in [0.2, 0.25) is 0 Å². The third-order valence-corrected chi connectivity index (χ3v) is 10.6. The molecule has 0 bridgehead atoms. The Kier molecular flexibility index (Phi) is 25.5. The summed E-state index contributed by atoms with van der Waals surface area (Å²) in [6, 6.07) is 3.02. The van der Waals surface area contributed by atoms with E-state index in [0.29, 0.717) is 35.2 Å². The second-order valence-electron chi connectivity index (χ2n) is 15.9. The Morgan fingerprint density at radius 1 is 0.789 bits per heavy atom. The number of likely N-dealkylation sites (N-methyl/N-ethyl adjacent to an activating group) is 1. The zero-order chi connectivity index (χ0) is 41.8. The first-order valence-corrected chi connectivity index (χ1v) is 22.7. The third-order valence-electron chi connectivity index (χ3n) is 9.62. The van der Waals surface area contributed by atoms with Crippen LogP contribution in [0.15, 0.2) is 16.8 Å². The molecule has 0 amide bonds. The van der Waals surface area contributed by atoms with Crippen molar-refractivity contribution in [3.8, 4) is 0 Å². The summed E-state index contributed by atoms with van der Waals surface area (Å²) in [6.45, 7) is 2.72. The van der Waals surface area contributed by atoms with Crippen LogP contribution in [-0.2, 0) is 32.7 Å². The van der Waals surface area contributed by atoms with Crippen LogP contribution < -0.4 is 5.32 Å². The number of nitrogens with one attached hydrogen (secondary N) is 1. The van der Waals surface area contributed by atoms with E-state index in [1.165, 1.54) is 57.4 Å². The molecule has 326 valence electrons. The topological polar surface area (TPSA) is 202 Å². The first-order valence-electron chi connectivity index (χ1n) is 21.2. The number of non-ortho nitro benzene ring substituents is 1. The molecule has 1 heterocycles. The number of anilines is 1. The maximum atomic E-state index is 12.7. The quantitative estimate of drug-likeness (QED) is 0.0164. The van der Waals surface area contributed by atoms with Crippen molar-refractivity contribution in [1.29, 1.82) is 0 Å². The van der Waals surface area contributed by atoms with Crippen molar-refractivity contribution in [1.82, 2.24) is 10.3 Å². The average molecular weight is 829 g/mol. The fourth-order valence-corrected chi connectivity index (χ4v) is 6.94. The number of benzene rings is 1. The number of rotatable bonds is 36. The minimum Gasteiger partial charge on any atom is -0.462 e. The number of phosphoric ester groups is 1. The molecule has 17 heteroatoms. The molecule has 0 saturated carbocycles. The Morgan fingerprint density at radius 3 is 1.88 bits per heavy atom. The molecule has 1 aromatic heterocycles. The van der Waals surface area contributed by atoms with Gasteiger partial charge in [-0.05, 0) is 35.6 Å². The van der Waals surface area contributed by atoms with Crippen molar-refractivity contribution in [2.24, 2.45) is 0 Å². The Balaban J connectivity index is 1.61. The Morgan fingerprint density at radius 2 is 1.32 bits per heavy atom. The van der Waals surface area contributed by atoms with Gasteiger partial charge in [-0.1, -0.05) is 116 Å². The number of hydrogen-bond donors (Lipinski definition) is 2. The minimum atomic E-state index is -4.41. The molecule has 0 saturated heterocycles. The fraction of sp³-hybridized carbons (Fsp3) is 0.800. The Hall–Kier alpha value is -3.17. The van der Waals surface area contributed by atoms with Crippen LogP contribution in [0.3, 0.4) is 0 Å². The van der Waals surface area contributed by atoms with E-state index in [-0.39, 0.29) is 37.3 Å². The van der Waals surface area contributed by atoms with Gasteiger partial charge in [0.2, 0.25) is 5.52 Å². The summed E-state index contributed by atoms with van der Waals surface area (Å²) in [5.74, 6) is -0.879. The number of quaternary nitrogens is 1. The van der Waals surface area contributed by atoms with Gasteiger partial charge in [-0.25, -0.2) is 9.19 Å². The van der Waals surface area contributed by atoms with Gasteiger partial charge in [0, 0.05) is 25.5 Å². The summed E-state index contributed by atoms with van der Waals surface area (Å²) in [6.07, 6.45) is 21.1. The summed E-state index contributed by atoms with van der Waals surface area (Å²) >= 11 is 0. The summed E-state index contributed by atoms with van der Waals surface area (Å²) < 4.78 is 38.9. The molecule has 1 aromatic carbocycles. The first kappa shape index (κ1) is 50.0. The van der Waals surface area contributed by atoms with Gasteiger partial charge in [0.25, 0.3) is 0 Å². The lowest BCUT2D eigenvalue weighted by atomic mass is 10.1. The molecule has 2 N–H and O–H groups in total. The SMILES string of the molecule is CCCCCCCCCCCCCC(=O)OCC(COP(=O)(O)OCC[N+](C)(C)C)OC(=O)CCCCCCCCCCCNc1ccc([N+](=O)[O-])c2nonc12. The van der Waals surface area contributed by atoms with Crippen LogP contribution in [0, 0.1) is 10.1 Å². The van der Waals surface area contributed by atoms with Gasteiger partial charge < -0.3 is 24.2 Å². The van der Waals surface area contributed by atoms with Gasteiger partial charge in [0.1, 0.15) is 19.8 Å². The van der Waals surface area contributed by atoms with Crippen LogP contribution in [-0.4, -0.2) is 96.7 Å². The highest BCUT2D eigenvalue weighted by molar-refractivity contribution is 7.47. The van der Waals surface area contributed by atoms with Crippen molar-refractivity contribution < 1.29 is 51.6 Å². The molecular weight excluding hydrogens is 757 g/mol. The Bertz CT molecular complexity index is 1470. The van der Waals surface area contributed by atoms with Crippen LogP contribution in [0.5, 0.6) is 0 Å². The van der Waals surface area contributed by atoms with E-state index in [4.69, 9.17) is 23.2 Å². The normalized spacial score (nSPS) is 13.4. The van der Waals surface area contributed by atoms with Gasteiger partial charge >= 0.3 is 25.4 Å². The monoisotopic (exact) mass is 828 g/mol. The number of carbonyl (C=O) groups is 2. The second kappa shape index (κ2) is 29.1. The number of nitro groups is 1. The standard InChI is InChI=1S/C40H70N5O11P/c1-5-6-7-8-9-10-11-13-16-19-22-25-37(46)52-32-34(33-54-57(50,51)53-31-30-45(2,3)4)55-38(47)26-23-20-17-14-12-15-18-21-24-29-41-35-27-28-36(44(48)49)40-39(35)42-56-43-40/h27-28,34H,5-26,29-33H2,1-4H3,(H-,41,43,50,51)/p+1. The zero-order valence-corrected chi connectivity index (χ0v) is 36.0. The van der Waals surface area contributed by atoms with Crippen LogP contribution in [0.4, 0.5) is 11.4 Å². The number of hydrogen-bond acceptors (Lipinski definition) is 13. The van der Waals surface area contributed by atoms with Crippen molar-refractivity contribution in [3.63, 3.8) is 0 Å². The number of aromatic nitrogens is 2. The highest BCUT2D eigenvalue weighted by atomic mass is 31.2. The van der Waals surface area contributed by atoms with Gasteiger partial charge in [-0.3, -0.25) is 28.8 Å².